The number of amides is 1. The molecule has 2 N–H and O–H groups in total. The summed E-state index contributed by atoms with van der Waals surface area (Å²) in [6.07, 6.45) is 4.09. The van der Waals surface area contributed by atoms with E-state index in [0.717, 1.165) is 23.2 Å². The Morgan fingerprint density at radius 1 is 1.19 bits per heavy atom. The predicted octanol–water partition coefficient (Wildman–Crippen LogP) is 4.49. The van der Waals surface area contributed by atoms with Gasteiger partial charge in [0.2, 0.25) is 0 Å². The van der Waals surface area contributed by atoms with Crippen LogP contribution >= 0.6 is 0 Å². The lowest BCUT2D eigenvalue weighted by Gasteiger charge is -2.06. The highest BCUT2D eigenvalue weighted by molar-refractivity contribution is 6.10. The predicted molar refractivity (Wildman–Crippen MR) is 107 cm³/mol. The second kappa shape index (κ2) is 8.15. The van der Waals surface area contributed by atoms with Crippen molar-refractivity contribution in [3.8, 4) is 17.3 Å². The van der Waals surface area contributed by atoms with Gasteiger partial charge in [0, 0.05) is 16.8 Å². The standard InChI is InChI=1S/C22H20N4O/c1-3-16-6-10-20(11-7-16)25-22(27)18(13-23)12-19-14-24-26-21(19)17-8-4-15(2)5-9-17/h4-12,14H,3H2,1-2H3,(H,24,26)(H,25,27). The summed E-state index contributed by atoms with van der Waals surface area (Å²) >= 11 is 0. The Bertz CT molecular complexity index is 1010. The number of hydrogen-bond donors (Lipinski definition) is 2. The fourth-order valence-corrected chi connectivity index (χ4v) is 2.68. The van der Waals surface area contributed by atoms with E-state index < -0.39 is 5.91 Å². The van der Waals surface area contributed by atoms with Crippen molar-refractivity contribution < 1.29 is 4.79 Å². The van der Waals surface area contributed by atoms with E-state index in [4.69, 9.17) is 0 Å². The highest BCUT2D eigenvalue weighted by Crippen LogP contribution is 2.23. The minimum absolute atomic E-state index is 0.0179. The quantitative estimate of drug-likeness (QED) is 0.522. The third-order valence-corrected chi connectivity index (χ3v) is 4.29. The fourth-order valence-electron chi connectivity index (χ4n) is 2.68. The number of aromatic nitrogens is 2. The Labute approximate surface area is 158 Å². The van der Waals surface area contributed by atoms with Crippen LogP contribution in [-0.2, 0) is 11.2 Å². The highest BCUT2D eigenvalue weighted by atomic mass is 16.1. The zero-order chi connectivity index (χ0) is 19.2. The lowest BCUT2D eigenvalue weighted by Crippen LogP contribution is -2.13. The van der Waals surface area contributed by atoms with Gasteiger partial charge >= 0.3 is 0 Å². The van der Waals surface area contributed by atoms with Gasteiger partial charge in [-0.1, -0.05) is 48.9 Å². The summed E-state index contributed by atoms with van der Waals surface area (Å²) in [4.78, 5) is 12.5. The van der Waals surface area contributed by atoms with Gasteiger partial charge in [-0.15, -0.1) is 0 Å². The molecule has 0 saturated carbocycles. The first-order valence-electron chi connectivity index (χ1n) is 8.73. The largest absolute Gasteiger partial charge is 0.321 e. The number of carbonyl (C=O) groups excluding carboxylic acids is 1. The van der Waals surface area contributed by atoms with Crippen LogP contribution in [0.15, 0.2) is 60.3 Å². The molecule has 0 radical (unpaired) electrons. The molecule has 3 rings (SSSR count). The van der Waals surface area contributed by atoms with Crippen molar-refractivity contribution in [2.75, 3.05) is 5.32 Å². The summed E-state index contributed by atoms with van der Waals surface area (Å²) in [6.45, 7) is 4.09. The first kappa shape index (κ1) is 18.2. The van der Waals surface area contributed by atoms with Crippen molar-refractivity contribution in [2.45, 2.75) is 20.3 Å². The molecule has 0 atom stereocenters. The summed E-state index contributed by atoms with van der Waals surface area (Å²) < 4.78 is 0. The van der Waals surface area contributed by atoms with E-state index in [9.17, 15) is 10.1 Å². The molecule has 27 heavy (non-hydrogen) atoms. The van der Waals surface area contributed by atoms with Crippen molar-refractivity contribution in [3.63, 3.8) is 0 Å². The Morgan fingerprint density at radius 2 is 1.89 bits per heavy atom. The van der Waals surface area contributed by atoms with Gasteiger partial charge < -0.3 is 5.32 Å². The van der Waals surface area contributed by atoms with Crippen LogP contribution in [0.1, 0.15) is 23.6 Å². The SMILES string of the molecule is CCc1ccc(NC(=O)C(C#N)=Cc2cn[nH]c2-c2ccc(C)cc2)cc1. The van der Waals surface area contributed by atoms with Gasteiger partial charge in [-0.05, 0) is 37.1 Å². The van der Waals surface area contributed by atoms with E-state index in [1.54, 1.807) is 12.3 Å². The number of nitriles is 1. The normalized spacial score (nSPS) is 11.1. The van der Waals surface area contributed by atoms with Crippen molar-refractivity contribution in [1.82, 2.24) is 10.2 Å². The molecule has 5 nitrogen and oxygen atoms in total. The Morgan fingerprint density at radius 3 is 2.52 bits per heavy atom. The molecule has 1 aromatic heterocycles. The zero-order valence-corrected chi connectivity index (χ0v) is 15.3. The molecule has 5 heteroatoms. The number of carbonyl (C=O) groups is 1. The first-order chi connectivity index (χ1) is 13.1. The number of anilines is 1. The lowest BCUT2D eigenvalue weighted by molar-refractivity contribution is -0.112. The van der Waals surface area contributed by atoms with Gasteiger partial charge in [-0.3, -0.25) is 9.89 Å². The zero-order valence-electron chi connectivity index (χ0n) is 15.3. The van der Waals surface area contributed by atoms with E-state index in [2.05, 4.69) is 22.4 Å². The molecule has 0 aliphatic heterocycles. The van der Waals surface area contributed by atoms with Crippen molar-refractivity contribution >= 4 is 17.7 Å². The third kappa shape index (κ3) is 4.31. The van der Waals surface area contributed by atoms with Gasteiger partial charge in [0.1, 0.15) is 11.6 Å². The maximum Gasteiger partial charge on any atom is 0.266 e. The van der Waals surface area contributed by atoms with Crippen LogP contribution in [0.3, 0.4) is 0 Å². The molecule has 2 aromatic carbocycles. The van der Waals surface area contributed by atoms with Crippen molar-refractivity contribution in [3.05, 3.63) is 77.0 Å². The summed E-state index contributed by atoms with van der Waals surface area (Å²) in [5, 5.41) is 19.2. The number of aryl methyl sites for hydroxylation is 2. The molecular formula is C22H20N4O. The van der Waals surface area contributed by atoms with Crippen LogP contribution in [-0.4, -0.2) is 16.1 Å². The molecule has 0 aliphatic carbocycles. The summed E-state index contributed by atoms with van der Waals surface area (Å²) in [7, 11) is 0. The minimum Gasteiger partial charge on any atom is -0.321 e. The van der Waals surface area contributed by atoms with E-state index in [-0.39, 0.29) is 5.57 Å². The number of nitrogens with zero attached hydrogens (tertiary/aromatic N) is 2. The molecule has 1 heterocycles. The topological polar surface area (TPSA) is 81.6 Å². The Balaban J connectivity index is 1.84. The highest BCUT2D eigenvalue weighted by Gasteiger charge is 2.13. The van der Waals surface area contributed by atoms with Crippen molar-refractivity contribution in [2.24, 2.45) is 0 Å². The maximum atomic E-state index is 12.5. The Hall–Kier alpha value is -3.65. The van der Waals surface area contributed by atoms with Gasteiger partial charge in [0.25, 0.3) is 5.91 Å². The van der Waals surface area contributed by atoms with Gasteiger partial charge in [0.05, 0.1) is 11.9 Å². The molecule has 0 saturated heterocycles. The average molecular weight is 356 g/mol. The van der Waals surface area contributed by atoms with E-state index in [1.165, 1.54) is 5.56 Å². The van der Waals surface area contributed by atoms with Crippen molar-refractivity contribution in [1.29, 1.82) is 5.26 Å². The van der Waals surface area contributed by atoms with Crippen LogP contribution < -0.4 is 5.32 Å². The third-order valence-electron chi connectivity index (χ3n) is 4.29. The molecule has 3 aromatic rings. The van der Waals surface area contributed by atoms with Gasteiger partial charge in [-0.2, -0.15) is 10.4 Å². The smallest absolute Gasteiger partial charge is 0.266 e. The van der Waals surface area contributed by atoms with Crippen LogP contribution in [0.5, 0.6) is 0 Å². The summed E-state index contributed by atoms with van der Waals surface area (Å²) in [6, 6.07) is 17.5. The molecule has 134 valence electrons. The molecule has 0 unspecified atom stereocenters. The molecular weight excluding hydrogens is 336 g/mol. The van der Waals surface area contributed by atoms with Crippen LogP contribution in [0, 0.1) is 18.3 Å². The molecule has 1 amide bonds. The molecule has 0 bridgehead atoms. The van der Waals surface area contributed by atoms with E-state index in [1.807, 2.05) is 61.5 Å². The molecule has 0 spiro atoms. The second-order valence-electron chi connectivity index (χ2n) is 6.24. The second-order valence-corrected chi connectivity index (χ2v) is 6.24. The van der Waals surface area contributed by atoms with Crippen LogP contribution in [0.25, 0.3) is 17.3 Å². The van der Waals surface area contributed by atoms with E-state index >= 15 is 0 Å². The maximum absolute atomic E-state index is 12.5. The Kier molecular flexibility index (Phi) is 5.48. The number of rotatable bonds is 5. The monoisotopic (exact) mass is 356 g/mol. The number of benzene rings is 2. The minimum atomic E-state index is -0.446. The number of hydrogen-bond acceptors (Lipinski definition) is 3. The summed E-state index contributed by atoms with van der Waals surface area (Å²) in [5.74, 6) is -0.446. The van der Waals surface area contributed by atoms with Crippen LogP contribution in [0.4, 0.5) is 5.69 Å². The van der Waals surface area contributed by atoms with E-state index in [0.29, 0.717) is 11.3 Å². The number of nitrogens with one attached hydrogen (secondary N) is 2. The number of aromatic amines is 1. The lowest BCUT2D eigenvalue weighted by atomic mass is 10.0. The van der Waals surface area contributed by atoms with Gasteiger partial charge in [0.15, 0.2) is 0 Å². The summed E-state index contributed by atoms with van der Waals surface area (Å²) in [5.41, 5.74) is 5.41. The molecule has 0 fully saturated rings. The van der Waals surface area contributed by atoms with Gasteiger partial charge in [-0.25, -0.2) is 0 Å². The van der Waals surface area contributed by atoms with Crippen LogP contribution in [0.2, 0.25) is 0 Å². The average Bonchev–Trinajstić information content (AvgIpc) is 3.15. The molecule has 0 aliphatic rings. The fraction of sp³-hybridized carbons (Fsp3) is 0.136. The first-order valence-corrected chi connectivity index (χ1v) is 8.73. The number of H-pyrrole nitrogens is 1.